The Morgan fingerprint density at radius 1 is 1.42 bits per heavy atom. The van der Waals surface area contributed by atoms with Crippen LogP contribution < -0.4 is 5.32 Å². The lowest BCUT2D eigenvalue weighted by Crippen LogP contribution is -2.20. The summed E-state index contributed by atoms with van der Waals surface area (Å²) >= 11 is 0. The van der Waals surface area contributed by atoms with E-state index in [-0.39, 0.29) is 18.7 Å². The molecule has 0 bridgehead atoms. The molecule has 0 aliphatic heterocycles. The van der Waals surface area contributed by atoms with Gasteiger partial charge in [0.1, 0.15) is 0 Å². The van der Waals surface area contributed by atoms with Crippen molar-refractivity contribution in [2.45, 2.75) is 26.2 Å². The summed E-state index contributed by atoms with van der Waals surface area (Å²) in [6.07, 6.45) is 0.636. The van der Waals surface area contributed by atoms with Crippen LogP contribution in [0.5, 0.6) is 0 Å². The number of hydrogen-bond donors (Lipinski definition) is 2. The van der Waals surface area contributed by atoms with Crippen molar-refractivity contribution in [3.05, 3.63) is 12.3 Å². The Morgan fingerprint density at radius 2 is 2.00 bits per heavy atom. The van der Waals surface area contributed by atoms with Gasteiger partial charge in [-0.3, -0.25) is 9.59 Å². The molecule has 1 amide bonds. The number of aliphatic carboxylic acids is 1. The van der Waals surface area contributed by atoms with Gasteiger partial charge in [0.05, 0.1) is 0 Å². The van der Waals surface area contributed by atoms with E-state index in [1.807, 2.05) is 0 Å². The molecule has 0 rings (SSSR count). The minimum Gasteiger partial charge on any atom is -0.481 e. The highest BCUT2D eigenvalue weighted by Crippen LogP contribution is 1.95. The summed E-state index contributed by atoms with van der Waals surface area (Å²) in [7, 11) is 0. The van der Waals surface area contributed by atoms with Gasteiger partial charge in [0, 0.05) is 18.5 Å². The van der Waals surface area contributed by atoms with E-state index >= 15 is 0 Å². The Bertz CT molecular complexity index is 198. The molecule has 0 atom stereocenters. The van der Waals surface area contributed by atoms with Crippen LogP contribution in [0.15, 0.2) is 12.3 Å². The molecular formula is C8H13NO3. The second kappa shape index (κ2) is 5.35. The Morgan fingerprint density at radius 3 is 2.42 bits per heavy atom. The highest BCUT2D eigenvalue weighted by Gasteiger charge is 2.02. The number of allylic oxidation sites excluding steroid dienone is 1. The van der Waals surface area contributed by atoms with Gasteiger partial charge >= 0.3 is 5.97 Å². The molecule has 0 heterocycles. The maximum Gasteiger partial charge on any atom is 0.303 e. The van der Waals surface area contributed by atoms with Crippen molar-refractivity contribution in [3.63, 3.8) is 0 Å². The van der Waals surface area contributed by atoms with Gasteiger partial charge in [-0.15, -0.1) is 0 Å². The fourth-order valence-electron chi connectivity index (χ4n) is 0.701. The van der Waals surface area contributed by atoms with Crippen molar-refractivity contribution in [2.75, 3.05) is 0 Å². The van der Waals surface area contributed by atoms with Gasteiger partial charge < -0.3 is 10.4 Å². The van der Waals surface area contributed by atoms with Crippen LogP contribution >= 0.6 is 0 Å². The maximum absolute atomic E-state index is 10.9. The highest BCUT2D eigenvalue weighted by atomic mass is 16.4. The van der Waals surface area contributed by atoms with Crippen LogP contribution in [0.2, 0.25) is 0 Å². The largest absolute Gasteiger partial charge is 0.481 e. The SMILES string of the molecule is C=C(C)NC(=O)CCCC(=O)O. The zero-order chi connectivity index (χ0) is 9.56. The van der Waals surface area contributed by atoms with Crippen LogP contribution in [0.3, 0.4) is 0 Å². The molecule has 2 N–H and O–H groups in total. The van der Waals surface area contributed by atoms with Crippen LogP contribution in [0.1, 0.15) is 26.2 Å². The van der Waals surface area contributed by atoms with Gasteiger partial charge in [-0.25, -0.2) is 0 Å². The highest BCUT2D eigenvalue weighted by molar-refractivity contribution is 5.78. The molecule has 12 heavy (non-hydrogen) atoms. The van der Waals surface area contributed by atoms with E-state index in [0.717, 1.165) is 0 Å². The molecule has 0 radical (unpaired) electrons. The molecule has 4 heteroatoms. The Kier molecular flexibility index (Phi) is 4.76. The van der Waals surface area contributed by atoms with Crippen molar-refractivity contribution in [1.82, 2.24) is 5.32 Å². The van der Waals surface area contributed by atoms with Crippen molar-refractivity contribution >= 4 is 11.9 Å². The molecule has 0 aromatic heterocycles. The summed E-state index contributed by atoms with van der Waals surface area (Å²) in [5, 5.41) is 10.7. The van der Waals surface area contributed by atoms with E-state index in [1.165, 1.54) is 0 Å². The predicted molar refractivity (Wildman–Crippen MR) is 44.4 cm³/mol. The Hall–Kier alpha value is -1.32. The van der Waals surface area contributed by atoms with E-state index in [9.17, 15) is 9.59 Å². The fraction of sp³-hybridized carbons (Fsp3) is 0.500. The van der Waals surface area contributed by atoms with Crippen molar-refractivity contribution in [3.8, 4) is 0 Å². The van der Waals surface area contributed by atoms with E-state index < -0.39 is 5.97 Å². The van der Waals surface area contributed by atoms with E-state index in [0.29, 0.717) is 12.1 Å². The van der Waals surface area contributed by atoms with Gasteiger partial charge in [0.15, 0.2) is 0 Å². The summed E-state index contributed by atoms with van der Waals surface area (Å²) in [6, 6.07) is 0. The quantitative estimate of drug-likeness (QED) is 0.645. The second-order valence-corrected chi connectivity index (χ2v) is 2.58. The zero-order valence-corrected chi connectivity index (χ0v) is 7.09. The fourth-order valence-corrected chi connectivity index (χ4v) is 0.701. The first-order chi connectivity index (χ1) is 5.52. The summed E-state index contributed by atoms with van der Waals surface area (Å²) in [5.41, 5.74) is 0.579. The number of carboxylic acids is 1. The lowest BCUT2D eigenvalue weighted by atomic mass is 10.2. The minimum absolute atomic E-state index is 0.0314. The first kappa shape index (κ1) is 10.7. The van der Waals surface area contributed by atoms with Crippen LogP contribution in [0.25, 0.3) is 0 Å². The van der Waals surface area contributed by atoms with Gasteiger partial charge in [-0.2, -0.15) is 0 Å². The van der Waals surface area contributed by atoms with Crippen LogP contribution in [-0.4, -0.2) is 17.0 Å². The molecule has 0 aliphatic rings. The van der Waals surface area contributed by atoms with Crippen LogP contribution in [0.4, 0.5) is 0 Å². The van der Waals surface area contributed by atoms with Crippen LogP contribution in [0, 0.1) is 0 Å². The second-order valence-electron chi connectivity index (χ2n) is 2.58. The molecular weight excluding hydrogens is 158 g/mol. The number of carbonyl (C=O) groups is 2. The smallest absolute Gasteiger partial charge is 0.303 e. The molecule has 0 aromatic carbocycles. The lowest BCUT2D eigenvalue weighted by Gasteiger charge is -2.01. The topological polar surface area (TPSA) is 66.4 Å². The number of carbonyl (C=O) groups excluding carboxylic acids is 1. The zero-order valence-electron chi connectivity index (χ0n) is 7.09. The molecule has 0 fully saturated rings. The summed E-state index contributed by atoms with van der Waals surface area (Å²) in [5.74, 6) is -1.05. The summed E-state index contributed by atoms with van der Waals surface area (Å²) in [4.78, 5) is 20.9. The van der Waals surface area contributed by atoms with Gasteiger partial charge in [0.2, 0.25) is 5.91 Å². The van der Waals surface area contributed by atoms with E-state index in [4.69, 9.17) is 5.11 Å². The monoisotopic (exact) mass is 171 g/mol. The number of amides is 1. The number of rotatable bonds is 5. The third-order valence-corrected chi connectivity index (χ3v) is 1.15. The van der Waals surface area contributed by atoms with Gasteiger partial charge in [-0.1, -0.05) is 6.58 Å². The van der Waals surface area contributed by atoms with Crippen molar-refractivity contribution in [1.29, 1.82) is 0 Å². The van der Waals surface area contributed by atoms with E-state index in [1.54, 1.807) is 6.92 Å². The van der Waals surface area contributed by atoms with Crippen molar-refractivity contribution < 1.29 is 14.7 Å². The molecule has 0 saturated carbocycles. The van der Waals surface area contributed by atoms with Gasteiger partial charge in [-0.05, 0) is 13.3 Å². The average Bonchev–Trinajstić information content (AvgIpc) is 1.84. The lowest BCUT2D eigenvalue weighted by molar-refractivity contribution is -0.137. The van der Waals surface area contributed by atoms with Gasteiger partial charge in [0.25, 0.3) is 0 Å². The Labute approximate surface area is 71.3 Å². The standard InChI is InChI=1S/C8H13NO3/c1-6(2)9-7(10)4-3-5-8(11)12/h1,3-5H2,2H3,(H,9,10)(H,11,12). The maximum atomic E-state index is 10.9. The summed E-state index contributed by atoms with van der Waals surface area (Å²) < 4.78 is 0. The number of hydrogen-bond acceptors (Lipinski definition) is 2. The number of carboxylic acid groups (broad SMARTS) is 1. The molecule has 0 saturated heterocycles. The first-order valence-electron chi connectivity index (χ1n) is 3.69. The predicted octanol–water partition coefficient (Wildman–Crippen LogP) is 0.891. The molecule has 4 nitrogen and oxygen atoms in total. The van der Waals surface area contributed by atoms with Crippen molar-refractivity contribution in [2.24, 2.45) is 0 Å². The molecule has 0 unspecified atom stereocenters. The van der Waals surface area contributed by atoms with E-state index in [2.05, 4.69) is 11.9 Å². The summed E-state index contributed by atoms with van der Waals surface area (Å²) in [6.45, 7) is 5.17. The first-order valence-corrected chi connectivity index (χ1v) is 3.69. The molecule has 68 valence electrons. The van der Waals surface area contributed by atoms with Crippen LogP contribution in [-0.2, 0) is 9.59 Å². The minimum atomic E-state index is -0.877. The normalized spacial score (nSPS) is 9.08. The third-order valence-electron chi connectivity index (χ3n) is 1.15. The molecule has 0 aliphatic carbocycles. The third kappa shape index (κ3) is 6.80. The Balaban J connectivity index is 3.44. The number of nitrogens with one attached hydrogen (secondary N) is 1. The molecule has 0 aromatic rings. The average molecular weight is 171 g/mol. The molecule has 0 spiro atoms.